The third kappa shape index (κ3) is 3.81. The second-order valence-corrected chi connectivity index (χ2v) is 6.01. The first kappa shape index (κ1) is 14.5. The third-order valence-corrected chi connectivity index (χ3v) is 4.27. The number of nitrogens with one attached hydrogen (secondary N) is 1. The van der Waals surface area contributed by atoms with Gasteiger partial charge in [-0.25, -0.2) is 0 Å². The van der Waals surface area contributed by atoms with Gasteiger partial charge in [0.1, 0.15) is 0 Å². The van der Waals surface area contributed by atoms with Crippen LogP contribution in [0.4, 0.5) is 5.69 Å². The van der Waals surface area contributed by atoms with Crippen LogP contribution in [0, 0.1) is 0 Å². The molecule has 5 heteroatoms. The average molecular weight is 289 g/mol. The van der Waals surface area contributed by atoms with Crippen LogP contribution in [0.25, 0.3) is 0 Å². The van der Waals surface area contributed by atoms with E-state index in [1.165, 1.54) is 5.56 Å². The molecule has 3 N–H and O–H groups in total. The highest BCUT2D eigenvalue weighted by Gasteiger charge is 2.45. The first-order valence-corrected chi connectivity index (χ1v) is 7.65. The number of anilines is 1. The first-order valence-electron chi connectivity index (χ1n) is 7.65. The van der Waals surface area contributed by atoms with Crippen molar-refractivity contribution in [1.82, 2.24) is 4.90 Å². The largest absolute Gasteiger partial charge is 0.379 e. The second-order valence-electron chi connectivity index (χ2n) is 6.01. The molecule has 0 atom stereocenters. The maximum atomic E-state index is 11.9. The van der Waals surface area contributed by atoms with Crippen molar-refractivity contribution in [2.24, 2.45) is 5.73 Å². The zero-order valence-electron chi connectivity index (χ0n) is 12.3. The summed E-state index contributed by atoms with van der Waals surface area (Å²) in [6, 6.07) is 8.06. The van der Waals surface area contributed by atoms with Gasteiger partial charge < -0.3 is 15.8 Å². The molecule has 1 saturated carbocycles. The highest BCUT2D eigenvalue weighted by Crippen LogP contribution is 2.33. The van der Waals surface area contributed by atoms with Crippen LogP contribution in [0.5, 0.6) is 0 Å². The summed E-state index contributed by atoms with van der Waals surface area (Å²) >= 11 is 0. The maximum Gasteiger partial charge on any atom is 0.244 e. The molecular weight excluding hydrogens is 266 g/mol. The zero-order valence-corrected chi connectivity index (χ0v) is 12.3. The summed E-state index contributed by atoms with van der Waals surface area (Å²) in [5.41, 5.74) is 7.37. The van der Waals surface area contributed by atoms with Crippen molar-refractivity contribution in [2.75, 3.05) is 38.2 Å². The maximum absolute atomic E-state index is 11.9. The zero-order chi connectivity index (χ0) is 14.7. The summed E-state index contributed by atoms with van der Waals surface area (Å²) in [5, 5.41) is 2.89. The first-order chi connectivity index (χ1) is 10.2. The van der Waals surface area contributed by atoms with Gasteiger partial charge in [-0.3, -0.25) is 9.69 Å². The highest BCUT2D eigenvalue weighted by molar-refractivity contribution is 6.00. The minimum absolute atomic E-state index is 0.0661. The van der Waals surface area contributed by atoms with Crippen molar-refractivity contribution in [3.63, 3.8) is 0 Å². The number of hydrogen-bond donors (Lipinski definition) is 2. The van der Waals surface area contributed by atoms with Gasteiger partial charge in [-0.15, -0.1) is 0 Å². The Kier molecular flexibility index (Phi) is 4.24. The van der Waals surface area contributed by atoms with Gasteiger partial charge in [-0.05, 0) is 37.0 Å². The summed E-state index contributed by atoms with van der Waals surface area (Å²) in [4.78, 5) is 14.3. The van der Waals surface area contributed by atoms with Crippen LogP contribution in [0.2, 0.25) is 0 Å². The Bertz CT molecular complexity index is 491. The van der Waals surface area contributed by atoms with E-state index < -0.39 is 5.54 Å². The number of carbonyl (C=O) groups excluding carboxylic acids is 1. The molecule has 21 heavy (non-hydrogen) atoms. The molecule has 0 unspecified atom stereocenters. The molecule has 0 bridgehead atoms. The number of benzene rings is 1. The van der Waals surface area contributed by atoms with E-state index in [1.54, 1.807) is 0 Å². The van der Waals surface area contributed by atoms with Crippen LogP contribution in [-0.2, 0) is 16.0 Å². The minimum atomic E-state index is -0.616. The van der Waals surface area contributed by atoms with Crippen LogP contribution >= 0.6 is 0 Å². The van der Waals surface area contributed by atoms with Gasteiger partial charge in [0.05, 0.1) is 18.8 Å². The Hall–Kier alpha value is -1.43. The van der Waals surface area contributed by atoms with E-state index in [1.807, 2.05) is 12.1 Å². The Morgan fingerprint density at radius 3 is 2.52 bits per heavy atom. The molecule has 0 radical (unpaired) electrons. The molecule has 5 nitrogen and oxygen atoms in total. The van der Waals surface area contributed by atoms with Gasteiger partial charge in [0.25, 0.3) is 0 Å². The number of carbonyl (C=O) groups is 1. The summed E-state index contributed by atoms with van der Waals surface area (Å²) in [6.07, 6.45) is 2.60. The molecule has 2 fully saturated rings. The van der Waals surface area contributed by atoms with Crippen molar-refractivity contribution in [2.45, 2.75) is 24.8 Å². The number of amides is 1. The predicted octanol–water partition coefficient (Wildman–Crippen LogP) is 0.991. The number of nitrogens with zero attached hydrogens (tertiary/aromatic N) is 1. The number of morpholine rings is 1. The monoisotopic (exact) mass is 289 g/mol. The summed E-state index contributed by atoms with van der Waals surface area (Å²) < 4.78 is 5.34. The SMILES string of the molecule is NC1(C(=O)Nc2ccc(CCN3CCOCC3)cc2)CC1. The van der Waals surface area contributed by atoms with E-state index in [0.29, 0.717) is 0 Å². The molecule has 1 aliphatic carbocycles. The Morgan fingerprint density at radius 1 is 1.24 bits per heavy atom. The lowest BCUT2D eigenvalue weighted by molar-refractivity contribution is -0.118. The van der Waals surface area contributed by atoms with Crippen molar-refractivity contribution in [3.8, 4) is 0 Å². The van der Waals surface area contributed by atoms with E-state index in [0.717, 1.165) is 57.8 Å². The van der Waals surface area contributed by atoms with Gasteiger partial charge in [0.2, 0.25) is 5.91 Å². The summed E-state index contributed by atoms with van der Waals surface area (Å²) in [5.74, 6) is -0.0661. The fourth-order valence-electron chi connectivity index (χ4n) is 2.48. The highest BCUT2D eigenvalue weighted by atomic mass is 16.5. The molecule has 1 heterocycles. The number of nitrogens with two attached hydrogens (primary N) is 1. The third-order valence-electron chi connectivity index (χ3n) is 4.27. The fourth-order valence-corrected chi connectivity index (χ4v) is 2.48. The number of hydrogen-bond acceptors (Lipinski definition) is 4. The normalized spacial score (nSPS) is 21.0. The van der Waals surface area contributed by atoms with Gasteiger partial charge in [0.15, 0.2) is 0 Å². The van der Waals surface area contributed by atoms with Crippen molar-refractivity contribution < 1.29 is 9.53 Å². The fraction of sp³-hybridized carbons (Fsp3) is 0.562. The standard InChI is InChI=1S/C16H23N3O2/c17-16(6-7-16)15(20)18-14-3-1-13(2-4-14)5-8-19-9-11-21-12-10-19/h1-4H,5-12,17H2,(H,18,20). The molecular formula is C16H23N3O2. The molecule has 0 aromatic heterocycles. The molecule has 1 aromatic rings. The van der Waals surface area contributed by atoms with Gasteiger partial charge in [0, 0.05) is 25.3 Å². The van der Waals surface area contributed by atoms with Crippen molar-refractivity contribution >= 4 is 11.6 Å². The lowest BCUT2D eigenvalue weighted by atomic mass is 10.1. The van der Waals surface area contributed by atoms with Crippen LogP contribution in [0.1, 0.15) is 18.4 Å². The molecule has 0 spiro atoms. The molecule has 3 rings (SSSR count). The van der Waals surface area contributed by atoms with E-state index in [2.05, 4.69) is 22.3 Å². The minimum Gasteiger partial charge on any atom is -0.379 e. The molecule has 1 saturated heterocycles. The van der Waals surface area contributed by atoms with Gasteiger partial charge in [-0.1, -0.05) is 12.1 Å². The topological polar surface area (TPSA) is 67.6 Å². The Morgan fingerprint density at radius 2 is 1.90 bits per heavy atom. The average Bonchev–Trinajstić information content (AvgIpc) is 3.27. The lowest BCUT2D eigenvalue weighted by Gasteiger charge is -2.26. The summed E-state index contributed by atoms with van der Waals surface area (Å²) in [6.45, 7) is 4.78. The van der Waals surface area contributed by atoms with Crippen LogP contribution in [-0.4, -0.2) is 49.2 Å². The van der Waals surface area contributed by atoms with Crippen LogP contribution in [0.15, 0.2) is 24.3 Å². The smallest absolute Gasteiger partial charge is 0.244 e. The van der Waals surface area contributed by atoms with E-state index in [4.69, 9.17) is 10.5 Å². The van der Waals surface area contributed by atoms with E-state index in [9.17, 15) is 4.79 Å². The molecule has 1 aliphatic heterocycles. The molecule has 114 valence electrons. The molecule has 1 aromatic carbocycles. The summed E-state index contributed by atoms with van der Waals surface area (Å²) in [7, 11) is 0. The number of ether oxygens (including phenoxy) is 1. The molecule has 1 amide bonds. The van der Waals surface area contributed by atoms with E-state index >= 15 is 0 Å². The molecule has 2 aliphatic rings. The Balaban J connectivity index is 1.48. The van der Waals surface area contributed by atoms with Crippen molar-refractivity contribution in [3.05, 3.63) is 29.8 Å². The Labute approximate surface area is 125 Å². The van der Waals surface area contributed by atoms with E-state index in [-0.39, 0.29) is 5.91 Å². The quantitative estimate of drug-likeness (QED) is 0.848. The van der Waals surface area contributed by atoms with Crippen LogP contribution < -0.4 is 11.1 Å². The van der Waals surface area contributed by atoms with Gasteiger partial charge >= 0.3 is 0 Å². The van der Waals surface area contributed by atoms with Crippen molar-refractivity contribution in [1.29, 1.82) is 0 Å². The van der Waals surface area contributed by atoms with Crippen LogP contribution in [0.3, 0.4) is 0 Å². The number of rotatable bonds is 5. The second kappa shape index (κ2) is 6.13. The predicted molar refractivity (Wildman–Crippen MR) is 82.2 cm³/mol. The van der Waals surface area contributed by atoms with Gasteiger partial charge in [-0.2, -0.15) is 0 Å². The lowest BCUT2D eigenvalue weighted by Crippen LogP contribution is -2.37.